The van der Waals surface area contributed by atoms with E-state index in [0.29, 0.717) is 32.9 Å². The fourth-order valence-electron chi connectivity index (χ4n) is 3.48. The largest absolute Gasteiger partial charge is 0.431 e. The molecule has 0 saturated heterocycles. The normalized spacial score (nSPS) is 14.2. The standard InChI is InChI=1S/C24H12ClN3O4S2/c25-13-6-5-7-14(12-13)28-21(29)19(33-23-26-15-8-1-3-10-17(15)31-23)20(22(28)30)34-24-27-16-9-2-4-11-18(16)32-24/h1-12H. The van der Waals surface area contributed by atoms with Crippen LogP contribution in [0.3, 0.4) is 0 Å². The maximum atomic E-state index is 13.5. The molecular formula is C24H12ClN3O4S2. The zero-order valence-electron chi connectivity index (χ0n) is 17.1. The summed E-state index contributed by atoms with van der Waals surface area (Å²) in [7, 11) is 0. The maximum Gasteiger partial charge on any atom is 0.273 e. The number of fused-ring (bicyclic) bond motifs is 2. The Labute approximate surface area is 205 Å². The molecule has 5 aromatic rings. The van der Waals surface area contributed by atoms with Gasteiger partial charge in [0, 0.05) is 5.02 Å². The van der Waals surface area contributed by atoms with E-state index in [4.69, 9.17) is 20.4 Å². The number of hydrogen-bond acceptors (Lipinski definition) is 8. The molecule has 0 fully saturated rings. The average Bonchev–Trinajstić information content (AvgIpc) is 3.49. The first-order valence-electron chi connectivity index (χ1n) is 10.0. The summed E-state index contributed by atoms with van der Waals surface area (Å²) in [5.74, 6) is -1.00. The third-order valence-electron chi connectivity index (χ3n) is 4.99. The van der Waals surface area contributed by atoms with Gasteiger partial charge < -0.3 is 8.83 Å². The number of anilines is 1. The zero-order valence-corrected chi connectivity index (χ0v) is 19.5. The predicted octanol–water partition coefficient (Wildman–Crippen LogP) is 6.29. The number of imide groups is 1. The Balaban J connectivity index is 1.43. The van der Waals surface area contributed by atoms with Crippen LogP contribution in [0.25, 0.3) is 22.2 Å². The number of aromatic nitrogens is 2. The van der Waals surface area contributed by atoms with E-state index in [1.165, 1.54) is 0 Å². The van der Waals surface area contributed by atoms with E-state index in [1.807, 2.05) is 36.4 Å². The van der Waals surface area contributed by atoms with Gasteiger partial charge in [-0.2, -0.15) is 0 Å². The Morgan fingerprint density at radius 3 is 1.74 bits per heavy atom. The van der Waals surface area contributed by atoms with Crippen molar-refractivity contribution in [3.05, 3.63) is 87.6 Å². The quantitative estimate of drug-likeness (QED) is 0.257. The summed E-state index contributed by atoms with van der Waals surface area (Å²) in [6, 6.07) is 21.1. The molecule has 10 heteroatoms. The molecule has 1 aliphatic heterocycles. The van der Waals surface area contributed by atoms with Crippen molar-refractivity contribution < 1.29 is 18.4 Å². The molecular weight excluding hydrogens is 494 g/mol. The van der Waals surface area contributed by atoms with Gasteiger partial charge in [0.2, 0.25) is 0 Å². The summed E-state index contributed by atoms with van der Waals surface area (Å²) in [6.45, 7) is 0. The van der Waals surface area contributed by atoms with Gasteiger partial charge in [0.25, 0.3) is 22.3 Å². The van der Waals surface area contributed by atoms with E-state index in [1.54, 1.807) is 36.4 Å². The van der Waals surface area contributed by atoms with Gasteiger partial charge >= 0.3 is 0 Å². The van der Waals surface area contributed by atoms with Crippen molar-refractivity contribution in [3.8, 4) is 0 Å². The van der Waals surface area contributed by atoms with E-state index in [0.717, 1.165) is 28.4 Å². The van der Waals surface area contributed by atoms with Crippen LogP contribution in [0, 0.1) is 0 Å². The molecule has 0 radical (unpaired) electrons. The lowest BCUT2D eigenvalue weighted by molar-refractivity contribution is -0.120. The highest BCUT2D eigenvalue weighted by Gasteiger charge is 2.42. The van der Waals surface area contributed by atoms with E-state index in [9.17, 15) is 9.59 Å². The molecule has 166 valence electrons. The molecule has 0 N–H and O–H groups in total. The molecule has 1 aliphatic rings. The second kappa shape index (κ2) is 8.35. The van der Waals surface area contributed by atoms with Gasteiger partial charge in [-0.3, -0.25) is 9.59 Å². The van der Waals surface area contributed by atoms with Gasteiger partial charge in [0.05, 0.1) is 5.69 Å². The number of halogens is 1. The highest BCUT2D eigenvalue weighted by atomic mass is 35.5. The van der Waals surface area contributed by atoms with Crippen molar-refractivity contribution in [1.29, 1.82) is 0 Å². The van der Waals surface area contributed by atoms with Crippen molar-refractivity contribution in [2.24, 2.45) is 0 Å². The van der Waals surface area contributed by atoms with E-state index in [-0.39, 0.29) is 20.3 Å². The fourth-order valence-corrected chi connectivity index (χ4v) is 5.54. The minimum atomic E-state index is -0.502. The van der Waals surface area contributed by atoms with Gasteiger partial charge in [-0.15, -0.1) is 0 Å². The van der Waals surface area contributed by atoms with E-state index >= 15 is 0 Å². The summed E-state index contributed by atoms with van der Waals surface area (Å²) in [4.78, 5) is 37.2. The number of nitrogens with zero attached hydrogens (tertiary/aromatic N) is 3. The van der Waals surface area contributed by atoms with Crippen molar-refractivity contribution >= 4 is 74.8 Å². The van der Waals surface area contributed by atoms with Crippen LogP contribution in [0.4, 0.5) is 5.69 Å². The van der Waals surface area contributed by atoms with Crippen molar-refractivity contribution in [1.82, 2.24) is 9.97 Å². The lowest BCUT2D eigenvalue weighted by atomic mass is 10.3. The van der Waals surface area contributed by atoms with Crippen LogP contribution < -0.4 is 4.90 Å². The number of oxazole rings is 2. The second-order valence-corrected chi connectivity index (χ2v) is 9.54. The first kappa shape index (κ1) is 21.0. The Bertz CT molecular complexity index is 1480. The molecule has 2 amide bonds. The fraction of sp³-hybridized carbons (Fsp3) is 0. The minimum absolute atomic E-state index is 0.170. The molecule has 3 aromatic carbocycles. The van der Waals surface area contributed by atoms with Gasteiger partial charge in [0.1, 0.15) is 20.8 Å². The number of carbonyl (C=O) groups excluding carboxylic acids is 2. The van der Waals surface area contributed by atoms with Crippen LogP contribution in [-0.4, -0.2) is 21.8 Å². The van der Waals surface area contributed by atoms with Gasteiger partial charge in [-0.1, -0.05) is 41.9 Å². The molecule has 3 heterocycles. The molecule has 34 heavy (non-hydrogen) atoms. The number of para-hydroxylation sites is 4. The molecule has 2 aromatic heterocycles. The van der Waals surface area contributed by atoms with Crippen molar-refractivity contribution in [2.45, 2.75) is 10.4 Å². The second-order valence-electron chi connectivity index (χ2n) is 7.18. The smallest absolute Gasteiger partial charge is 0.273 e. The predicted molar refractivity (Wildman–Crippen MR) is 131 cm³/mol. The lowest BCUT2D eigenvalue weighted by Gasteiger charge is -2.14. The summed E-state index contributed by atoms with van der Waals surface area (Å²) in [5.41, 5.74) is 2.85. The van der Waals surface area contributed by atoms with Crippen LogP contribution in [0.5, 0.6) is 0 Å². The van der Waals surface area contributed by atoms with E-state index in [2.05, 4.69) is 9.97 Å². The van der Waals surface area contributed by atoms with Crippen LogP contribution in [-0.2, 0) is 9.59 Å². The molecule has 0 aliphatic carbocycles. The Kier molecular flexibility index (Phi) is 5.17. The molecule has 0 bridgehead atoms. The Morgan fingerprint density at radius 2 is 1.24 bits per heavy atom. The molecule has 0 atom stereocenters. The summed E-state index contributed by atoms with van der Waals surface area (Å²) >= 11 is 8.10. The lowest BCUT2D eigenvalue weighted by Crippen LogP contribution is -2.31. The molecule has 0 spiro atoms. The SMILES string of the molecule is O=C1C(Sc2nc3ccccc3o2)=C(Sc2nc3ccccc3o2)C(=O)N1c1cccc(Cl)c1. The van der Waals surface area contributed by atoms with Gasteiger partial charge in [0.15, 0.2) is 11.2 Å². The number of carbonyl (C=O) groups is 2. The molecule has 7 nitrogen and oxygen atoms in total. The van der Waals surface area contributed by atoms with Crippen LogP contribution in [0.2, 0.25) is 5.02 Å². The number of benzene rings is 3. The summed E-state index contributed by atoms with van der Waals surface area (Å²) < 4.78 is 11.6. The summed E-state index contributed by atoms with van der Waals surface area (Å²) in [5, 5.41) is 0.910. The van der Waals surface area contributed by atoms with Crippen molar-refractivity contribution in [2.75, 3.05) is 4.90 Å². The van der Waals surface area contributed by atoms with Gasteiger partial charge in [-0.25, -0.2) is 14.9 Å². The van der Waals surface area contributed by atoms with Crippen LogP contribution >= 0.6 is 35.1 Å². The number of hydrogen-bond donors (Lipinski definition) is 0. The van der Waals surface area contributed by atoms with Crippen molar-refractivity contribution in [3.63, 3.8) is 0 Å². The molecule has 0 unspecified atom stereocenters. The monoisotopic (exact) mass is 505 g/mol. The molecule has 0 saturated carbocycles. The maximum absolute atomic E-state index is 13.5. The zero-order chi connectivity index (χ0) is 23.2. The first-order valence-corrected chi connectivity index (χ1v) is 12.0. The first-order chi connectivity index (χ1) is 16.6. The number of amides is 2. The number of thioether (sulfide) groups is 2. The summed E-state index contributed by atoms with van der Waals surface area (Å²) in [6.07, 6.45) is 0. The molecule has 6 rings (SSSR count). The average molecular weight is 506 g/mol. The van der Waals surface area contributed by atoms with E-state index < -0.39 is 11.8 Å². The minimum Gasteiger partial charge on any atom is -0.431 e. The Hall–Kier alpha value is -3.53. The topological polar surface area (TPSA) is 89.4 Å². The third kappa shape index (κ3) is 3.67. The Morgan fingerprint density at radius 1 is 0.706 bits per heavy atom. The third-order valence-corrected chi connectivity index (χ3v) is 7.22. The van der Waals surface area contributed by atoms with Crippen LogP contribution in [0.15, 0.2) is 102 Å². The highest BCUT2D eigenvalue weighted by Crippen LogP contribution is 2.44. The highest BCUT2D eigenvalue weighted by molar-refractivity contribution is 8.08. The number of rotatable bonds is 5. The van der Waals surface area contributed by atoms with Gasteiger partial charge in [-0.05, 0) is 66.0 Å². The van der Waals surface area contributed by atoms with Crippen LogP contribution in [0.1, 0.15) is 0 Å².